The van der Waals surface area contributed by atoms with E-state index < -0.39 is 9.84 Å². The number of hydrogen-bond acceptors (Lipinski definition) is 6. The predicted octanol–water partition coefficient (Wildman–Crippen LogP) is 1.31. The number of aryl methyl sites for hydroxylation is 1. The third-order valence-corrected chi connectivity index (χ3v) is 4.74. The fourth-order valence-corrected chi connectivity index (χ4v) is 3.83. The molecule has 0 aliphatic carbocycles. The summed E-state index contributed by atoms with van der Waals surface area (Å²) in [6.45, 7) is 1.64. The van der Waals surface area contributed by atoms with E-state index in [9.17, 15) is 8.42 Å². The molecule has 0 unspecified atom stereocenters. The highest BCUT2D eigenvalue weighted by atomic mass is 79.9. The first-order valence-corrected chi connectivity index (χ1v) is 7.45. The molecule has 0 radical (unpaired) electrons. The van der Waals surface area contributed by atoms with Crippen molar-refractivity contribution in [3.63, 3.8) is 0 Å². The maximum absolute atomic E-state index is 11.8. The van der Waals surface area contributed by atoms with Gasteiger partial charge in [-0.1, -0.05) is 0 Å². The minimum atomic E-state index is -3.51. The van der Waals surface area contributed by atoms with Crippen LogP contribution in [0.1, 0.15) is 10.8 Å². The summed E-state index contributed by atoms with van der Waals surface area (Å²) in [5.41, 5.74) is 0. The van der Waals surface area contributed by atoms with Gasteiger partial charge in [0.05, 0.1) is 9.98 Å². The van der Waals surface area contributed by atoms with Crippen LogP contribution < -0.4 is 0 Å². The molecular formula is C7H7BrN4O2S2. The molecule has 0 saturated carbocycles. The van der Waals surface area contributed by atoms with Gasteiger partial charge in [-0.25, -0.2) is 18.4 Å². The molecule has 0 spiro atoms. The van der Waals surface area contributed by atoms with Crippen molar-refractivity contribution in [2.75, 3.05) is 0 Å². The molecule has 2 rings (SSSR count). The molecular weight excluding hydrogens is 316 g/mol. The standard InChI is InChI=1S/C7H7BrN4O2S2/c1-4-10-7(12-11-4)16(13,14)3-6-9-2-5(8)15-6/h2H,3H2,1H3,(H,10,11,12). The number of thiazole rings is 1. The molecule has 0 aromatic carbocycles. The van der Waals surface area contributed by atoms with Crippen LogP contribution in [-0.4, -0.2) is 28.6 Å². The van der Waals surface area contributed by atoms with Crippen LogP contribution in [-0.2, 0) is 15.6 Å². The number of aromatic amines is 1. The Balaban J connectivity index is 2.27. The second-order valence-corrected chi connectivity index (χ2v) is 7.40. The molecule has 86 valence electrons. The van der Waals surface area contributed by atoms with Crippen LogP contribution in [0.15, 0.2) is 15.1 Å². The molecule has 1 N–H and O–H groups in total. The molecule has 0 saturated heterocycles. The van der Waals surface area contributed by atoms with Gasteiger partial charge >= 0.3 is 0 Å². The largest absolute Gasteiger partial charge is 0.267 e. The number of sulfone groups is 1. The lowest BCUT2D eigenvalue weighted by Gasteiger charge is -1.95. The monoisotopic (exact) mass is 322 g/mol. The fourth-order valence-electron chi connectivity index (χ4n) is 1.04. The Hall–Kier alpha value is -0.800. The molecule has 16 heavy (non-hydrogen) atoms. The predicted molar refractivity (Wildman–Crippen MR) is 61.8 cm³/mol. The van der Waals surface area contributed by atoms with Crippen molar-refractivity contribution in [1.29, 1.82) is 0 Å². The summed E-state index contributed by atoms with van der Waals surface area (Å²) in [6.07, 6.45) is 1.57. The topological polar surface area (TPSA) is 88.6 Å². The SMILES string of the molecule is Cc1nc(S(=O)(=O)Cc2ncc(Br)s2)n[nH]1. The lowest BCUT2D eigenvalue weighted by molar-refractivity contribution is 0.586. The van der Waals surface area contributed by atoms with Crippen molar-refractivity contribution in [3.05, 3.63) is 20.8 Å². The molecule has 0 aliphatic rings. The van der Waals surface area contributed by atoms with Gasteiger partial charge in [0, 0.05) is 0 Å². The van der Waals surface area contributed by atoms with Gasteiger partial charge in [-0.05, 0) is 22.9 Å². The molecule has 0 aliphatic heterocycles. The van der Waals surface area contributed by atoms with E-state index in [1.54, 1.807) is 13.1 Å². The fraction of sp³-hybridized carbons (Fsp3) is 0.286. The van der Waals surface area contributed by atoms with Crippen molar-refractivity contribution < 1.29 is 8.42 Å². The first kappa shape index (κ1) is 11.7. The van der Waals surface area contributed by atoms with E-state index in [2.05, 4.69) is 36.1 Å². The highest BCUT2D eigenvalue weighted by Gasteiger charge is 2.21. The average Bonchev–Trinajstić information content (AvgIpc) is 2.75. The van der Waals surface area contributed by atoms with Gasteiger partial charge in [-0.15, -0.1) is 16.4 Å². The van der Waals surface area contributed by atoms with Crippen molar-refractivity contribution >= 4 is 37.1 Å². The first-order chi connectivity index (χ1) is 7.47. The number of nitrogens with zero attached hydrogens (tertiary/aromatic N) is 3. The van der Waals surface area contributed by atoms with Crippen LogP contribution >= 0.6 is 27.3 Å². The minimum Gasteiger partial charge on any atom is -0.262 e. The summed E-state index contributed by atoms with van der Waals surface area (Å²) in [6, 6.07) is 0. The zero-order valence-corrected chi connectivity index (χ0v) is 11.4. The summed E-state index contributed by atoms with van der Waals surface area (Å²) >= 11 is 4.50. The van der Waals surface area contributed by atoms with Crippen LogP contribution in [0.25, 0.3) is 0 Å². The normalized spacial score (nSPS) is 11.9. The van der Waals surface area contributed by atoms with E-state index in [1.165, 1.54) is 11.3 Å². The van der Waals surface area contributed by atoms with Gasteiger partial charge in [0.1, 0.15) is 16.6 Å². The number of nitrogens with one attached hydrogen (secondary N) is 1. The number of halogens is 1. The second-order valence-electron chi connectivity index (χ2n) is 3.02. The van der Waals surface area contributed by atoms with E-state index in [0.29, 0.717) is 10.8 Å². The molecule has 2 heterocycles. The summed E-state index contributed by atoms with van der Waals surface area (Å²) in [5, 5.41) is 6.46. The number of hydrogen-bond donors (Lipinski definition) is 1. The molecule has 0 amide bonds. The van der Waals surface area contributed by atoms with Crippen molar-refractivity contribution in [1.82, 2.24) is 20.2 Å². The molecule has 0 fully saturated rings. The summed E-state index contributed by atoms with van der Waals surface area (Å²) < 4.78 is 24.5. The lowest BCUT2D eigenvalue weighted by atomic mass is 10.8. The highest BCUT2D eigenvalue weighted by molar-refractivity contribution is 9.11. The van der Waals surface area contributed by atoms with Gasteiger partial charge in [0.25, 0.3) is 5.16 Å². The maximum atomic E-state index is 11.8. The zero-order chi connectivity index (χ0) is 11.8. The van der Waals surface area contributed by atoms with E-state index in [-0.39, 0.29) is 10.9 Å². The van der Waals surface area contributed by atoms with E-state index in [4.69, 9.17) is 0 Å². The molecule has 0 bridgehead atoms. The van der Waals surface area contributed by atoms with Crippen LogP contribution in [0.2, 0.25) is 0 Å². The highest BCUT2D eigenvalue weighted by Crippen LogP contribution is 2.22. The van der Waals surface area contributed by atoms with E-state index in [0.717, 1.165) is 3.79 Å². The van der Waals surface area contributed by atoms with Crippen LogP contribution in [0.4, 0.5) is 0 Å². The third-order valence-electron chi connectivity index (χ3n) is 1.69. The van der Waals surface area contributed by atoms with E-state index >= 15 is 0 Å². The van der Waals surface area contributed by atoms with Gasteiger partial charge < -0.3 is 0 Å². The molecule has 9 heteroatoms. The maximum Gasteiger partial charge on any atom is 0.267 e. The first-order valence-electron chi connectivity index (χ1n) is 4.19. The zero-order valence-electron chi connectivity index (χ0n) is 8.14. The molecule has 2 aromatic heterocycles. The van der Waals surface area contributed by atoms with Crippen LogP contribution in [0.5, 0.6) is 0 Å². The van der Waals surface area contributed by atoms with Crippen LogP contribution in [0.3, 0.4) is 0 Å². The Morgan fingerprint density at radius 2 is 2.31 bits per heavy atom. The van der Waals surface area contributed by atoms with Gasteiger partial charge in [-0.2, -0.15) is 0 Å². The molecule has 0 atom stereocenters. The summed E-state index contributed by atoms with van der Waals surface area (Å²) in [7, 11) is -3.51. The van der Waals surface area contributed by atoms with Gasteiger partial charge in [-0.3, -0.25) is 5.10 Å². The third kappa shape index (κ3) is 2.47. The Morgan fingerprint density at radius 3 is 2.81 bits per heavy atom. The smallest absolute Gasteiger partial charge is 0.262 e. The van der Waals surface area contributed by atoms with Crippen molar-refractivity contribution in [2.24, 2.45) is 0 Å². The second kappa shape index (κ2) is 4.22. The van der Waals surface area contributed by atoms with Crippen molar-refractivity contribution in [3.8, 4) is 0 Å². The number of H-pyrrole nitrogens is 1. The summed E-state index contributed by atoms with van der Waals surface area (Å²) in [5.74, 6) is 0.291. The lowest BCUT2D eigenvalue weighted by Crippen LogP contribution is -2.06. The molecule has 6 nitrogen and oxygen atoms in total. The Morgan fingerprint density at radius 1 is 1.56 bits per heavy atom. The quantitative estimate of drug-likeness (QED) is 0.920. The Labute approximate surface area is 104 Å². The number of aromatic nitrogens is 4. The van der Waals surface area contributed by atoms with Crippen molar-refractivity contribution in [2.45, 2.75) is 17.8 Å². The summed E-state index contributed by atoms with van der Waals surface area (Å²) in [4.78, 5) is 7.76. The molecule has 2 aromatic rings. The Kier molecular flexibility index (Phi) is 3.08. The Bertz CT molecular complexity index is 603. The van der Waals surface area contributed by atoms with Gasteiger partial charge in [0.2, 0.25) is 9.84 Å². The van der Waals surface area contributed by atoms with Crippen LogP contribution in [0, 0.1) is 6.92 Å². The van der Waals surface area contributed by atoms with E-state index in [1.807, 2.05) is 0 Å². The minimum absolute atomic E-state index is 0.180. The van der Waals surface area contributed by atoms with Gasteiger partial charge in [0.15, 0.2) is 0 Å². The average molecular weight is 323 g/mol. The number of rotatable bonds is 3.